The molecule has 0 radical (unpaired) electrons. The van der Waals surface area contributed by atoms with Gasteiger partial charge in [-0.15, -0.1) is 0 Å². The first-order chi connectivity index (χ1) is 12.2. The lowest BCUT2D eigenvalue weighted by molar-refractivity contribution is -0.143. The zero-order valence-electron chi connectivity index (χ0n) is 14.3. The van der Waals surface area contributed by atoms with Crippen molar-refractivity contribution >= 4 is 11.9 Å². The number of carboxylic acids is 1. The number of likely N-dealkylation sites (N-methyl/N-ethyl adjacent to an activating group) is 1. The molecule has 1 aliphatic heterocycles. The van der Waals surface area contributed by atoms with Gasteiger partial charge >= 0.3 is 12.1 Å². The molecule has 0 aliphatic carbocycles. The molecule has 1 fully saturated rings. The number of nitrogens with zero attached hydrogens (tertiary/aromatic N) is 2. The average molecular weight is 374 g/mol. The molecule has 0 bridgehead atoms. The number of hydrogen-bond donors (Lipinski definition) is 1. The molecule has 26 heavy (non-hydrogen) atoms. The molecule has 1 amide bonds. The van der Waals surface area contributed by atoms with Crippen LogP contribution in [0.5, 0.6) is 0 Å². The first-order valence-corrected chi connectivity index (χ1v) is 8.11. The second-order valence-electron chi connectivity index (χ2n) is 6.25. The van der Waals surface area contributed by atoms with Crippen molar-refractivity contribution in [3.63, 3.8) is 0 Å². The van der Waals surface area contributed by atoms with Crippen LogP contribution in [0.4, 0.5) is 13.2 Å². The predicted molar refractivity (Wildman–Crippen MR) is 86.6 cm³/mol. The second-order valence-corrected chi connectivity index (χ2v) is 6.25. The second kappa shape index (κ2) is 8.50. The van der Waals surface area contributed by atoms with Crippen LogP contribution in [0, 0.1) is 0 Å². The van der Waals surface area contributed by atoms with Crippen LogP contribution in [0.25, 0.3) is 0 Å². The van der Waals surface area contributed by atoms with Crippen LogP contribution in [-0.2, 0) is 26.9 Å². The van der Waals surface area contributed by atoms with Crippen LogP contribution in [0.15, 0.2) is 24.3 Å². The van der Waals surface area contributed by atoms with Crippen molar-refractivity contribution < 1.29 is 32.6 Å². The summed E-state index contributed by atoms with van der Waals surface area (Å²) in [6, 6.07) is 5.03. The number of benzene rings is 1. The highest BCUT2D eigenvalue weighted by atomic mass is 19.4. The van der Waals surface area contributed by atoms with Crippen molar-refractivity contribution in [2.24, 2.45) is 0 Å². The molecular formula is C17H21F3N2O4. The van der Waals surface area contributed by atoms with E-state index in [-0.39, 0.29) is 37.8 Å². The van der Waals surface area contributed by atoms with Gasteiger partial charge in [0.15, 0.2) is 0 Å². The number of carboxylic acid groups (broad SMARTS) is 1. The number of morpholine rings is 1. The fourth-order valence-electron chi connectivity index (χ4n) is 2.93. The summed E-state index contributed by atoms with van der Waals surface area (Å²) in [5, 5.41) is 8.77. The van der Waals surface area contributed by atoms with E-state index in [1.165, 1.54) is 23.1 Å². The van der Waals surface area contributed by atoms with E-state index in [0.717, 1.165) is 6.07 Å². The maximum atomic E-state index is 13.1. The largest absolute Gasteiger partial charge is 0.480 e. The van der Waals surface area contributed by atoms with E-state index in [4.69, 9.17) is 9.84 Å². The fourth-order valence-corrected chi connectivity index (χ4v) is 2.93. The Labute approximate surface area is 149 Å². The van der Waals surface area contributed by atoms with Gasteiger partial charge in [0, 0.05) is 19.6 Å². The summed E-state index contributed by atoms with van der Waals surface area (Å²) >= 11 is 0. The highest BCUT2D eigenvalue weighted by Gasteiger charge is 2.34. The van der Waals surface area contributed by atoms with Crippen molar-refractivity contribution in [1.82, 2.24) is 9.80 Å². The zero-order valence-corrected chi connectivity index (χ0v) is 14.3. The van der Waals surface area contributed by atoms with Gasteiger partial charge in [0.05, 0.1) is 31.2 Å². The molecule has 0 aromatic heterocycles. The highest BCUT2D eigenvalue weighted by molar-refractivity contribution is 5.79. The third-order valence-corrected chi connectivity index (χ3v) is 4.08. The van der Waals surface area contributed by atoms with Crippen LogP contribution in [-0.4, -0.2) is 72.7 Å². The molecule has 1 N–H and O–H groups in total. The normalized spacial score (nSPS) is 18.2. The number of alkyl halides is 3. The number of rotatable bonds is 6. The summed E-state index contributed by atoms with van der Waals surface area (Å²) in [7, 11) is 1.62. The minimum atomic E-state index is -4.51. The van der Waals surface area contributed by atoms with Gasteiger partial charge in [-0.05, 0) is 18.7 Å². The predicted octanol–water partition coefficient (Wildman–Crippen LogP) is 1.49. The minimum Gasteiger partial charge on any atom is -0.480 e. The van der Waals surface area contributed by atoms with Gasteiger partial charge in [0.25, 0.3) is 0 Å². The number of amides is 1. The first-order valence-electron chi connectivity index (χ1n) is 8.11. The van der Waals surface area contributed by atoms with Crippen LogP contribution < -0.4 is 0 Å². The third-order valence-electron chi connectivity index (χ3n) is 4.08. The molecule has 1 heterocycles. The van der Waals surface area contributed by atoms with E-state index < -0.39 is 23.6 Å². The number of halogens is 3. The monoisotopic (exact) mass is 374 g/mol. The summed E-state index contributed by atoms with van der Waals surface area (Å²) in [4.78, 5) is 26.2. The molecule has 6 nitrogen and oxygen atoms in total. The maximum Gasteiger partial charge on any atom is 0.416 e. The zero-order chi connectivity index (χ0) is 19.3. The Bertz CT molecular complexity index is 651. The summed E-state index contributed by atoms with van der Waals surface area (Å²) in [6.45, 7) is 0.934. The lowest BCUT2D eigenvalue weighted by Crippen LogP contribution is -2.50. The highest BCUT2D eigenvalue weighted by Crippen LogP contribution is 2.32. The Kier molecular flexibility index (Phi) is 6.60. The molecule has 144 valence electrons. The molecule has 0 spiro atoms. The number of aliphatic carboxylic acids is 1. The Hall–Kier alpha value is -2.13. The molecule has 1 aromatic carbocycles. The van der Waals surface area contributed by atoms with E-state index in [0.29, 0.717) is 13.1 Å². The number of carbonyl (C=O) groups excluding carboxylic acids is 1. The molecule has 1 aromatic rings. The molecule has 2 rings (SSSR count). The number of hydrogen-bond acceptors (Lipinski definition) is 4. The van der Waals surface area contributed by atoms with E-state index in [1.807, 2.05) is 0 Å². The topological polar surface area (TPSA) is 70.1 Å². The molecular weight excluding hydrogens is 353 g/mol. The van der Waals surface area contributed by atoms with Gasteiger partial charge in [0.2, 0.25) is 5.91 Å². The standard InChI is InChI=1S/C17H21F3N2O4/c1-21(11-16(24)25)9-13-10-22(6-7-26-13)15(23)8-12-4-2-3-5-14(12)17(18,19)20/h2-5,13H,6-11H2,1H3,(H,24,25). The molecule has 1 atom stereocenters. The maximum absolute atomic E-state index is 13.1. The molecule has 1 aliphatic rings. The van der Waals surface area contributed by atoms with Crippen LogP contribution >= 0.6 is 0 Å². The SMILES string of the molecule is CN(CC(=O)O)CC1CN(C(=O)Cc2ccccc2C(F)(F)F)CCO1. The lowest BCUT2D eigenvalue weighted by Gasteiger charge is -2.34. The summed E-state index contributed by atoms with van der Waals surface area (Å²) in [5.74, 6) is -1.38. The molecule has 9 heteroatoms. The van der Waals surface area contributed by atoms with E-state index in [1.54, 1.807) is 11.9 Å². The van der Waals surface area contributed by atoms with Gasteiger partial charge in [-0.2, -0.15) is 13.2 Å². The number of carbonyl (C=O) groups is 2. The smallest absolute Gasteiger partial charge is 0.416 e. The van der Waals surface area contributed by atoms with Crippen molar-refractivity contribution in [2.45, 2.75) is 18.7 Å². The fraction of sp³-hybridized carbons (Fsp3) is 0.529. The van der Waals surface area contributed by atoms with E-state index in [2.05, 4.69) is 0 Å². The molecule has 0 saturated carbocycles. The van der Waals surface area contributed by atoms with Gasteiger partial charge in [-0.25, -0.2) is 0 Å². The first kappa shape index (κ1) is 20.2. The van der Waals surface area contributed by atoms with Crippen molar-refractivity contribution in [3.05, 3.63) is 35.4 Å². The van der Waals surface area contributed by atoms with Gasteiger partial charge in [0.1, 0.15) is 0 Å². The van der Waals surface area contributed by atoms with E-state index in [9.17, 15) is 22.8 Å². The van der Waals surface area contributed by atoms with Crippen LogP contribution in [0.3, 0.4) is 0 Å². The minimum absolute atomic E-state index is 0.0592. The van der Waals surface area contributed by atoms with Crippen molar-refractivity contribution in [2.75, 3.05) is 39.8 Å². The average Bonchev–Trinajstić information content (AvgIpc) is 2.53. The Balaban J connectivity index is 1.99. The van der Waals surface area contributed by atoms with Gasteiger partial charge in [-0.3, -0.25) is 14.5 Å². The lowest BCUT2D eigenvalue weighted by atomic mass is 10.0. The Morgan fingerprint density at radius 2 is 2.04 bits per heavy atom. The summed E-state index contributed by atoms with van der Waals surface area (Å²) in [6.07, 6.45) is -5.23. The Morgan fingerprint density at radius 3 is 2.69 bits per heavy atom. The summed E-state index contributed by atoms with van der Waals surface area (Å²) in [5.41, 5.74) is -0.865. The van der Waals surface area contributed by atoms with E-state index >= 15 is 0 Å². The molecule has 1 unspecified atom stereocenters. The van der Waals surface area contributed by atoms with Crippen LogP contribution in [0.1, 0.15) is 11.1 Å². The van der Waals surface area contributed by atoms with Crippen molar-refractivity contribution in [3.8, 4) is 0 Å². The van der Waals surface area contributed by atoms with Gasteiger partial charge in [-0.1, -0.05) is 18.2 Å². The molecule has 1 saturated heterocycles. The van der Waals surface area contributed by atoms with Crippen LogP contribution in [0.2, 0.25) is 0 Å². The quantitative estimate of drug-likeness (QED) is 0.817. The van der Waals surface area contributed by atoms with Gasteiger partial charge < -0.3 is 14.7 Å². The Morgan fingerprint density at radius 1 is 1.35 bits per heavy atom. The summed E-state index contributed by atoms with van der Waals surface area (Å²) < 4.78 is 44.7. The third kappa shape index (κ3) is 5.70. The number of ether oxygens (including phenoxy) is 1. The van der Waals surface area contributed by atoms with Crippen molar-refractivity contribution in [1.29, 1.82) is 0 Å².